The summed E-state index contributed by atoms with van der Waals surface area (Å²) < 4.78 is 0. The number of nitrogens with one attached hydrogen (secondary N) is 1. The minimum Gasteiger partial charge on any atom is -0.351 e. The highest BCUT2D eigenvalue weighted by molar-refractivity contribution is 9.09. The minimum atomic E-state index is -0.00615. The first kappa shape index (κ1) is 15.2. The number of amides is 1. The van der Waals surface area contributed by atoms with Gasteiger partial charge in [-0.3, -0.25) is 4.79 Å². The predicted molar refractivity (Wildman–Crippen MR) is 80.5 cm³/mol. The highest BCUT2D eigenvalue weighted by Crippen LogP contribution is 2.22. The van der Waals surface area contributed by atoms with Gasteiger partial charge in [0.25, 0.3) is 5.91 Å². The van der Waals surface area contributed by atoms with Crippen molar-refractivity contribution in [1.82, 2.24) is 5.32 Å². The van der Waals surface area contributed by atoms with Crippen LogP contribution in [0.5, 0.6) is 0 Å². The lowest BCUT2D eigenvalue weighted by atomic mass is 9.87. The first-order valence-electron chi connectivity index (χ1n) is 6.37. The monoisotopic (exact) mass is 311 g/mol. The standard InChI is InChI=1S/C15H22BrNO/c1-5-13(16)10-17-14(18)11-6-8-12(9-7-11)15(2,3)4/h6-9,13H,5,10H2,1-4H3,(H,17,18). The molecule has 1 unspecified atom stereocenters. The Hall–Kier alpha value is -0.830. The number of halogens is 1. The molecule has 1 rings (SSSR count). The van der Waals surface area contributed by atoms with Crippen LogP contribution in [0, 0.1) is 0 Å². The van der Waals surface area contributed by atoms with Gasteiger partial charge >= 0.3 is 0 Å². The number of hydrogen-bond acceptors (Lipinski definition) is 1. The summed E-state index contributed by atoms with van der Waals surface area (Å²) >= 11 is 3.50. The summed E-state index contributed by atoms with van der Waals surface area (Å²) in [6.45, 7) is 9.25. The fourth-order valence-electron chi connectivity index (χ4n) is 1.57. The van der Waals surface area contributed by atoms with Crippen LogP contribution in [0.3, 0.4) is 0 Å². The molecule has 100 valence electrons. The van der Waals surface area contributed by atoms with E-state index in [9.17, 15) is 4.79 Å². The third-order valence-corrected chi connectivity index (χ3v) is 3.91. The van der Waals surface area contributed by atoms with Gasteiger partial charge in [-0.05, 0) is 29.5 Å². The van der Waals surface area contributed by atoms with Crippen molar-refractivity contribution in [3.8, 4) is 0 Å². The second-order valence-corrected chi connectivity index (χ2v) is 6.84. The van der Waals surface area contributed by atoms with E-state index in [4.69, 9.17) is 0 Å². The molecule has 1 atom stereocenters. The third-order valence-electron chi connectivity index (χ3n) is 2.94. The molecule has 0 spiro atoms. The maximum absolute atomic E-state index is 11.9. The van der Waals surface area contributed by atoms with Crippen molar-refractivity contribution in [2.24, 2.45) is 0 Å². The van der Waals surface area contributed by atoms with E-state index >= 15 is 0 Å². The quantitative estimate of drug-likeness (QED) is 0.840. The number of hydrogen-bond donors (Lipinski definition) is 1. The molecule has 18 heavy (non-hydrogen) atoms. The van der Waals surface area contributed by atoms with Crippen molar-refractivity contribution in [2.75, 3.05) is 6.54 Å². The molecule has 0 saturated carbocycles. The molecule has 0 aliphatic rings. The summed E-state index contributed by atoms with van der Waals surface area (Å²) in [6.07, 6.45) is 1.00. The Kier molecular flexibility index (Phi) is 5.39. The SMILES string of the molecule is CCC(Br)CNC(=O)c1ccc(C(C)(C)C)cc1. The van der Waals surface area contributed by atoms with Crippen LogP contribution in [0.4, 0.5) is 0 Å². The highest BCUT2D eigenvalue weighted by Gasteiger charge is 2.14. The zero-order valence-electron chi connectivity index (χ0n) is 11.6. The molecule has 0 aliphatic heterocycles. The van der Waals surface area contributed by atoms with E-state index < -0.39 is 0 Å². The average molecular weight is 312 g/mol. The summed E-state index contributed by atoms with van der Waals surface area (Å²) in [6, 6.07) is 7.84. The van der Waals surface area contributed by atoms with E-state index in [0.29, 0.717) is 11.4 Å². The molecular formula is C15H22BrNO. The second kappa shape index (κ2) is 6.37. The molecule has 0 radical (unpaired) electrons. The Morgan fingerprint density at radius 1 is 1.28 bits per heavy atom. The molecule has 2 nitrogen and oxygen atoms in total. The third kappa shape index (κ3) is 4.45. The Labute approximate surface area is 118 Å². The van der Waals surface area contributed by atoms with Crippen molar-refractivity contribution in [2.45, 2.75) is 44.4 Å². The van der Waals surface area contributed by atoms with Crippen molar-refractivity contribution in [3.63, 3.8) is 0 Å². The number of carbonyl (C=O) groups excluding carboxylic acids is 1. The zero-order chi connectivity index (χ0) is 13.8. The largest absolute Gasteiger partial charge is 0.351 e. The van der Waals surface area contributed by atoms with Crippen LogP contribution in [-0.2, 0) is 5.41 Å². The summed E-state index contributed by atoms with van der Waals surface area (Å²) in [7, 11) is 0. The summed E-state index contributed by atoms with van der Waals surface area (Å²) in [5, 5.41) is 2.92. The first-order valence-corrected chi connectivity index (χ1v) is 7.29. The Bertz CT molecular complexity index is 392. The molecular weight excluding hydrogens is 290 g/mol. The maximum atomic E-state index is 11.9. The number of carbonyl (C=O) groups is 1. The predicted octanol–water partition coefficient (Wildman–Crippen LogP) is 3.89. The normalized spacial score (nSPS) is 13.2. The number of benzene rings is 1. The van der Waals surface area contributed by atoms with Gasteiger partial charge in [0.2, 0.25) is 0 Å². The fraction of sp³-hybridized carbons (Fsp3) is 0.533. The lowest BCUT2D eigenvalue weighted by Gasteiger charge is -2.19. The molecule has 0 bridgehead atoms. The van der Waals surface area contributed by atoms with Crippen LogP contribution >= 0.6 is 15.9 Å². The Balaban J connectivity index is 2.65. The molecule has 0 aliphatic carbocycles. The van der Waals surface area contributed by atoms with E-state index in [1.165, 1.54) is 5.56 Å². The summed E-state index contributed by atoms with van der Waals surface area (Å²) in [5.41, 5.74) is 2.09. The minimum absolute atomic E-state index is 0.00615. The number of rotatable bonds is 4. The summed E-state index contributed by atoms with van der Waals surface area (Å²) in [4.78, 5) is 12.2. The van der Waals surface area contributed by atoms with Gasteiger partial charge in [-0.1, -0.05) is 55.8 Å². The van der Waals surface area contributed by atoms with Crippen LogP contribution < -0.4 is 5.32 Å². The van der Waals surface area contributed by atoms with E-state index in [1.807, 2.05) is 24.3 Å². The molecule has 1 aromatic carbocycles. The van der Waals surface area contributed by atoms with E-state index in [2.05, 4.69) is 48.9 Å². The van der Waals surface area contributed by atoms with Crippen molar-refractivity contribution >= 4 is 21.8 Å². The Morgan fingerprint density at radius 3 is 2.28 bits per heavy atom. The molecule has 1 amide bonds. The van der Waals surface area contributed by atoms with Crippen molar-refractivity contribution in [1.29, 1.82) is 0 Å². The van der Waals surface area contributed by atoms with E-state index in [-0.39, 0.29) is 11.3 Å². The topological polar surface area (TPSA) is 29.1 Å². The average Bonchev–Trinajstić information content (AvgIpc) is 2.34. The second-order valence-electron chi connectivity index (χ2n) is 5.54. The van der Waals surface area contributed by atoms with Crippen LogP contribution in [0.2, 0.25) is 0 Å². The highest BCUT2D eigenvalue weighted by atomic mass is 79.9. The van der Waals surface area contributed by atoms with Crippen LogP contribution in [0.25, 0.3) is 0 Å². The van der Waals surface area contributed by atoms with Crippen molar-refractivity contribution in [3.05, 3.63) is 35.4 Å². The first-order chi connectivity index (χ1) is 8.34. The molecule has 0 fully saturated rings. The molecule has 1 aromatic rings. The van der Waals surface area contributed by atoms with Crippen LogP contribution in [0.15, 0.2) is 24.3 Å². The zero-order valence-corrected chi connectivity index (χ0v) is 13.2. The van der Waals surface area contributed by atoms with Crippen LogP contribution in [-0.4, -0.2) is 17.3 Å². The van der Waals surface area contributed by atoms with Crippen molar-refractivity contribution < 1.29 is 4.79 Å². The van der Waals surface area contributed by atoms with E-state index in [0.717, 1.165) is 12.0 Å². The molecule has 0 aromatic heterocycles. The van der Waals surface area contributed by atoms with Gasteiger partial charge in [-0.15, -0.1) is 0 Å². The van der Waals surface area contributed by atoms with Gasteiger partial charge in [-0.25, -0.2) is 0 Å². The van der Waals surface area contributed by atoms with Gasteiger partial charge in [-0.2, -0.15) is 0 Å². The summed E-state index contributed by atoms with van der Waals surface area (Å²) in [5.74, 6) is -0.00615. The van der Waals surface area contributed by atoms with Gasteiger partial charge < -0.3 is 5.32 Å². The molecule has 3 heteroatoms. The molecule has 0 heterocycles. The Morgan fingerprint density at radius 2 is 1.83 bits per heavy atom. The lowest BCUT2D eigenvalue weighted by Crippen LogP contribution is -2.29. The maximum Gasteiger partial charge on any atom is 0.251 e. The lowest BCUT2D eigenvalue weighted by molar-refractivity contribution is 0.0954. The van der Waals surface area contributed by atoms with E-state index in [1.54, 1.807) is 0 Å². The van der Waals surface area contributed by atoms with Gasteiger partial charge in [0.05, 0.1) is 0 Å². The fourth-order valence-corrected chi connectivity index (χ4v) is 1.73. The smallest absolute Gasteiger partial charge is 0.251 e. The van der Waals surface area contributed by atoms with Gasteiger partial charge in [0.15, 0.2) is 0 Å². The van der Waals surface area contributed by atoms with Gasteiger partial charge in [0, 0.05) is 16.9 Å². The molecule has 0 saturated heterocycles. The molecule has 1 N–H and O–H groups in total. The van der Waals surface area contributed by atoms with Gasteiger partial charge in [0.1, 0.15) is 0 Å². The number of alkyl halides is 1. The van der Waals surface area contributed by atoms with Crippen LogP contribution in [0.1, 0.15) is 50.0 Å².